The number of likely N-dealkylation sites (tertiary alicyclic amines) is 1. The molecule has 7 atom stereocenters. The lowest BCUT2D eigenvalue weighted by Gasteiger charge is -2.41. The van der Waals surface area contributed by atoms with Crippen molar-refractivity contribution in [3.05, 3.63) is 96.1 Å². The maximum atomic E-state index is 15.0. The molecule has 1 spiro atoms. The standard InChI is InChI=1S/C38H43N3O7/c42-23-29(26-15-6-2-7-16-26)41-34-37(46)40(27-17-8-3-9-18-27)22-12-21-38(34)33(36(41)45)32-30(48-38)19-10-11-20-31(43)47-24-28(39-35(32)44)25-13-4-1-5-14-25/h1-2,4-7,10,12-16,19,21,27-30,32-34,42H,3,8-9,11,17-18,20,22-24H2,(H,39,44)/b19-10-/t28-,29-,30+,32-,33-,34+,38-/m1/s1. The molecule has 2 N–H and O–H groups in total. The van der Waals surface area contributed by atoms with Crippen molar-refractivity contribution >= 4 is 23.7 Å². The van der Waals surface area contributed by atoms with Gasteiger partial charge in [0, 0.05) is 19.0 Å². The van der Waals surface area contributed by atoms with Crippen molar-refractivity contribution in [2.45, 2.75) is 80.8 Å². The number of benzene rings is 2. The van der Waals surface area contributed by atoms with Gasteiger partial charge >= 0.3 is 5.97 Å². The second-order valence-electron chi connectivity index (χ2n) is 13.5. The first-order valence-electron chi connectivity index (χ1n) is 17.2. The summed E-state index contributed by atoms with van der Waals surface area (Å²) in [4.78, 5) is 60.4. The first-order valence-corrected chi connectivity index (χ1v) is 17.2. The number of nitrogens with one attached hydrogen (secondary N) is 1. The number of carbonyl (C=O) groups excluding carboxylic acids is 4. The summed E-state index contributed by atoms with van der Waals surface area (Å²) < 4.78 is 12.5. The van der Waals surface area contributed by atoms with Gasteiger partial charge in [-0.05, 0) is 30.4 Å². The topological polar surface area (TPSA) is 125 Å². The van der Waals surface area contributed by atoms with Crippen LogP contribution >= 0.6 is 0 Å². The van der Waals surface area contributed by atoms with Gasteiger partial charge in [-0.1, -0.05) is 104 Å². The van der Waals surface area contributed by atoms with Crippen LogP contribution in [0.25, 0.3) is 0 Å². The van der Waals surface area contributed by atoms with E-state index in [1.165, 1.54) is 4.90 Å². The van der Waals surface area contributed by atoms with Crippen molar-refractivity contribution in [3.8, 4) is 0 Å². The van der Waals surface area contributed by atoms with Gasteiger partial charge in [0.05, 0.1) is 36.6 Å². The zero-order valence-electron chi connectivity index (χ0n) is 27.0. The van der Waals surface area contributed by atoms with Crippen LogP contribution in [0.2, 0.25) is 0 Å². The van der Waals surface area contributed by atoms with Crippen LogP contribution in [0.1, 0.15) is 68.2 Å². The van der Waals surface area contributed by atoms with E-state index in [-0.39, 0.29) is 30.9 Å². The maximum Gasteiger partial charge on any atom is 0.306 e. The third-order valence-corrected chi connectivity index (χ3v) is 10.7. The van der Waals surface area contributed by atoms with Crippen LogP contribution in [-0.2, 0) is 28.7 Å². The van der Waals surface area contributed by atoms with Gasteiger partial charge in [-0.25, -0.2) is 0 Å². The molecule has 4 heterocycles. The lowest BCUT2D eigenvalue weighted by molar-refractivity contribution is -0.152. The molecule has 0 bridgehead atoms. The number of cyclic esters (lactones) is 1. The van der Waals surface area contributed by atoms with E-state index >= 15 is 0 Å². The molecule has 0 unspecified atom stereocenters. The highest BCUT2D eigenvalue weighted by Gasteiger charge is 2.72. The lowest BCUT2D eigenvalue weighted by Crippen LogP contribution is -2.58. The summed E-state index contributed by atoms with van der Waals surface area (Å²) in [5, 5.41) is 13.9. The number of ether oxygens (including phenoxy) is 2. The van der Waals surface area contributed by atoms with E-state index in [4.69, 9.17) is 9.47 Å². The molecule has 7 rings (SSSR count). The summed E-state index contributed by atoms with van der Waals surface area (Å²) in [5.74, 6) is -3.46. The van der Waals surface area contributed by atoms with Gasteiger partial charge < -0.3 is 29.7 Å². The predicted octanol–water partition coefficient (Wildman–Crippen LogP) is 3.78. The third-order valence-electron chi connectivity index (χ3n) is 10.7. The minimum absolute atomic E-state index is 0.0355. The summed E-state index contributed by atoms with van der Waals surface area (Å²) in [5.41, 5.74) is -0.00374. The summed E-state index contributed by atoms with van der Waals surface area (Å²) in [6.07, 6.45) is 11.9. The smallest absolute Gasteiger partial charge is 0.306 e. The number of fused-ring (bicyclic) bond motifs is 2. The van der Waals surface area contributed by atoms with Gasteiger partial charge in [0.25, 0.3) is 0 Å². The van der Waals surface area contributed by atoms with Crippen molar-refractivity contribution in [1.82, 2.24) is 15.1 Å². The third kappa shape index (κ3) is 5.75. The second kappa shape index (κ2) is 13.7. The van der Waals surface area contributed by atoms with E-state index in [0.29, 0.717) is 18.5 Å². The number of rotatable bonds is 5. The number of carbonyl (C=O) groups is 4. The largest absolute Gasteiger partial charge is 0.463 e. The van der Waals surface area contributed by atoms with E-state index in [9.17, 15) is 24.3 Å². The van der Waals surface area contributed by atoms with Crippen molar-refractivity contribution in [1.29, 1.82) is 0 Å². The molecule has 1 aliphatic carbocycles. The highest BCUT2D eigenvalue weighted by Crippen LogP contribution is 2.55. The highest BCUT2D eigenvalue weighted by molar-refractivity contribution is 6.00. The van der Waals surface area contributed by atoms with Crippen LogP contribution in [0, 0.1) is 11.8 Å². The van der Waals surface area contributed by atoms with Crippen LogP contribution in [0.5, 0.6) is 0 Å². The Labute approximate surface area is 280 Å². The molecule has 4 aliphatic heterocycles. The van der Waals surface area contributed by atoms with Crippen LogP contribution in [-0.4, -0.2) is 82.1 Å². The Bertz CT molecular complexity index is 1570. The first kappa shape index (κ1) is 32.3. The van der Waals surface area contributed by atoms with Crippen molar-refractivity contribution in [2.75, 3.05) is 19.8 Å². The Kier molecular flexibility index (Phi) is 9.20. The molecule has 252 valence electrons. The monoisotopic (exact) mass is 653 g/mol. The number of esters is 1. The van der Waals surface area contributed by atoms with Crippen LogP contribution < -0.4 is 5.32 Å². The average molecular weight is 654 g/mol. The zero-order chi connectivity index (χ0) is 33.3. The summed E-state index contributed by atoms with van der Waals surface area (Å²) in [6, 6.07) is 15.9. The Morgan fingerprint density at radius 3 is 2.38 bits per heavy atom. The lowest BCUT2D eigenvalue weighted by atomic mass is 9.77. The summed E-state index contributed by atoms with van der Waals surface area (Å²) >= 11 is 0. The molecule has 1 saturated carbocycles. The van der Waals surface area contributed by atoms with Crippen LogP contribution in [0.15, 0.2) is 85.0 Å². The Hall–Kier alpha value is -4.28. The first-order chi connectivity index (χ1) is 23.4. The van der Waals surface area contributed by atoms with Gasteiger partial charge in [-0.15, -0.1) is 0 Å². The van der Waals surface area contributed by atoms with E-state index in [1.807, 2.05) is 77.7 Å². The van der Waals surface area contributed by atoms with Crippen molar-refractivity contribution in [2.24, 2.45) is 11.8 Å². The fourth-order valence-corrected chi connectivity index (χ4v) is 8.48. The minimum atomic E-state index is -1.45. The summed E-state index contributed by atoms with van der Waals surface area (Å²) in [7, 11) is 0. The minimum Gasteiger partial charge on any atom is -0.463 e. The highest BCUT2D eigenvalue weighted by atomic mass is 16.5. The van der Waals surface area contributed by atoms with E-state index in [0.717, 1.165) is 37.7 Å². The summed E-state index contributed by atoms with van der Waals surface area (Å²) in [6.45, 7) is -0.0939. The number of hydrogen-bond donors (Lipinski definition) is 2. The SMILES string of the molecule is O=C1CC/C=C\[C@@H]2O[C@@]34C=CCN(C5CCCCC5)C(=O)[C@@H]3N([C@H](CO)c3ccccc3)C(=O)[C@H]4[C@@H]2C(=O)N[C@@H](c2ccccc2)CO1. The average Bonchev–Trinajstić information content (AvgIpc) is 3.50. The number of amides is 3. The maximum absolute atomic E-state index is 15.0. The molecular formula is C38H43N3O7. The number of nitrogens with zero attached hydrogens (tertiary/aromatic N) is 2. The van der Waals surface area contributed by atoms with Crippen LogP contribution in [0.3, 0.4) is 0 Å². The van der Waals surface area contributed by atoms with Crippen molar-refractivity contribution < 1.29 is 33.8 Å². The van der Waals surface area contributed by atoms with Gasteiger partial charge in [0.15, 0.2) is 0 Å². The van der Waals surface area contributed by atoms with Crippen LogP contribution in [0.4, 0.5) is 0 Å². The molecule has 10 nitrogen and oxygen atoms in total. The number of hydrogen-bond acceptors (Lipinski definition) is 7. The number of aliphatic hydroxyl groups is 1. The fourth-order valence-electron chi connectivity index (χ4n) is 8.48. The molecule has 2 aromatic rings. The van der Waals surface area contributed by atoms with Gasteiger partial charge in [0.1, 0.15) is 18.2 Å². The molecule has 2 aromatic carbocycles. The molecule has 3 fully saturated rings. The van der Waals surface area contributed by atoms with Gasteiger partial charge in [0.2, 0.25) is 17.7 Å². The van der Waals surface area contributed by atoms with Gasteiger partial charge in [-0.2, -0.15) is 0 Å². The quantitative estimate of drug-likeness (QED) is 0.372. The fraction of sp³-hybridized carbons (Fsp3) is 0.474. The molecule has 5 aliphatic rings. The molecule has 3 amide bonds. The molecule has 10 heteroatoms. The Balaban J connectivity index is 1.33. The molecule has 0 aromatic heterocycles. The normalized spacial score (nSPS) is 32.6. The molecule has 48 heavy (non-hydrogen) atoms. The Morgan fingerprint density at radius 2 is 1.65 bits per heavy atom. The van der Waals surface area contributed by atoms with E-state index in [2.05, 4.69) is 5.32 Å². The number of aliphatic hydroxyl groups excluding tert-OH is 1. The van der Waals surface area contributed by atoms with E-state index < -0.39 is 60.1 Å². The Morgan fingerprint density at radius 1 is 0.917 bits per heavy atom. The second-order valence-corrected chi connectivity index (χ2v) is 13.5. The van der Waals surface area contributed by atoms with Gasteiger partial charge in [-0.3, -0.25) is 19.2 Å². The molecular weight excluding hydrogens is 610 g/mol. The molecule has 0 radical (unpaired) electrons. The van der Waals surface area contributed by atoms with E-state index in [1.54, 1.807) is 12.2 Å². The predicted molar refractivity (Wildman–Crippen MR) is 176 cm³/mol. The molecule has 2 saturated heterocycles. The van der Waals surface area contributed by atoms with Crippen molar-refractivity contribution in [3.63, 3.8) is 0 Å². The zero-order valence-corrected chi connectivity index (χ0v) is 27.0. The number of allylic oxidation sites excluding steroid dienone is 1.